The lowest BCUT2D eigenvalue weighted by molar-refractivity contribution is -0.140. The maximum absolute atomic E-state index is 12.0. The number of nitrogens with zero attached hydrogens (tertiary/aromatic N) is 2. The molecule has 0 aliphatic rings. The average molecular weight is 301 g/mol. The van der Waals surface area contributed by atoms with Gasteiger partial charge in [0.1, 0.15) is 5.69 Å². The number of para-hydroxylation sites is 2. The van der Waals surface area contributed by atoms with Gasteiger partial charge in [-0.25, -0.2) is 4.98 Å². The second-order valence-corrected chi connectivity index (χ2v) is 4.89. The minimum atomic E-state index is -0.230. The number of ether oxygens (including phenoxy) is 1. The molecule has 1 aromatic carbocycles. The zero-order valence-electron chi connectivity index (χ0n) is 12.5. The van der Waals surface area contributed by atoms with Crippen molar-refractivity contribution in [2.24, 2.45) is 0 Å². The van der Waals surface area contributed by atoms with Gasteiger partial charge in [-0.1, -0.05) is 18.6 Å². The molecule has 6 nitrogen and oxygen atoms in total. The van der Waals surface area contributed by atoms with Gasteiger partial charge < -0.3 is 10.1 Å². The maximum Gasteiger partial charge on any atom is 0.305 e. The molecule has 0 fully saturated rings. The van der Waals surface area contributed by atoms with Gasteiger partial charge in [-0.05, 0) is 25.0 Å². The highest BCUT2D eigenvalue weighted by molar-refractivity contribution is 5.93. The summed E-state index contributed by atoms with van der Waals surface area (Å²) in [5.41, 5.74) is 1.78. The van der Waals surface area contributed by atoms with Gasteiger partial charge in [0.2, 0.25) is 0 Å². The fourth-order valence-electron chi connectivity index (χ4n) is 2.03. The van der Waals surface area contributed by atoms with Crippen molar-refractivity contribution in [2.45, 2.75) is 25.7 Å². The molecule has 1 aromatic heterocycles. The van der Waals surface area contributed by atoms with Crippen molar-refractivity contribution in [3.05, 3.63) is 36.2 Å². The molecule has 22 heavy (non-hydrogen) atoms. The summed E-state index contributed by atoms with van der Waals surface area (Å²) in [5.74, 6) is -0.429. The number of rotatable bonds is 7. The first-order valence-corrected chi connectivity index (χ1v) is 7.27. The first kappa shape index (κ1) is 15.9. The van der Waals surface area contributed by atoms with Gasteiger partial charge in [-0.3, -0.25) is 14.6 Å². The van der Waals surface area contributed by atoms with Gasteiger partial charge in [0.05, 0.1) is 24.3 Å². The Bertz CT molecular complexity index is 658. The molecule has 0 radical (unpaired) electrons. The fourth-order valence-corrected chi connectivity index (χ4v) is 2.03. The summed E-state index contributed by atoms with van der Waals surface area (Å²) in [4.78, 5) is 31.4. The fraction of sp³-hybridized carbons (Fsp3) is 0.375. The van der Waals surface area contributed by atoms with Crippen molar-refractivity contribution < 1.29 is 14.3 Å². The van der Waals surface area contributed by atoms with Gasteiger partial charge >= 0.3 is 5.97 Å². The number of carbonyl (C=O) groups excluding carboxylic acids is 2. The van der Waals surface area contributed by atoms with Crippen LogP contribution in [0.15, 0.2) is 30.5 Å². The molecule has 116 valence electrons. The van der Waals surface area contributed by atoms with Crippen LogP contribution in [0.5, 0.6) is 0 Å². The Morgan fingerprint density at radius 1 is 1.14 bits per heavy atom. The third kappa shape index (κ3) is 4.51. The summed E-state index contributed by atoms with van der Waals surface area (Å²) in [6.07, 6.45) is 4.33. The zero-order chi connectivity index (χ0) is 15.8. The lowest BCUT2D eigenvalue weighted by Crippen LogP contribution is -2.25. The Kier molecular flexibility index (Phi) is 5.82. The van der Waals surface area contributed by atoms with E-state index in [1.54, 1.807) is 0 Å². The van der Waals surface area contributed by atoms with E-state index < -0.39 is 0 Å². The highest BCUT2D eigenvalue weighted by Crippen LogP contribution is 2.08. The molecule has 0 saturated carbocycles. The molecule has 2 rings (SSSR count). The highest BCUT2D eigenvalue weighted by atomic mass is 16.5. The predicted octanol–water partition coefficient (Wildman–Crippen LogP) is 2.09. The molecule has 0 aliphatic heterocycles. The van der Waals surface area contributed by atoms with E-state index >= 15 is 0 Å². The molecule has 0 aliphatic carbocycles. The van der Waals surface area contributed by atoms with Gasteiger partial charge in [0.15, 0.2) is 0 Å². The number of fused-ring (bicyclic) bond motifs is 1. The Labute approximate surface area is 128 Å². The molecular formula is C16H19N3O3. The number of unbranched alkanes of at least 4 members (excludes halogenated alkanes) is 2. The Morgan fingerprint density at radius 3 is 2.68 bits per heavy atom. The van der Waals surface area contributed by atoms with Crippen LogP contribution in [0, 0.1) is 0 Å². The van der Waals surface area contributed by atoms with Gasteiger partial charge in [0.25, 0.3) is 5.91 Å². The minimum absolute atomic E-state index is 0.199. The van der Waals surface area contributed by atoms with Crippen LogP contribution in [0.2, 0.25) is 0 Å². The standard InChI is InChI=1S/C16H19N3O3/c1-22-15(20)9-3-2-6-10-17-16(21)14-11-18-12-7-4-5-8-13(12)19-14/h4-5,7-8,11H,2-3,6,9-10H2,1H3,(H,17,21). The average Bonchev–Trinajstić information content (AvgIpc) is 2.56. The first-order chi connectivity index (χ1) is 10.7. The summed E-state index contributed by atoms with van der Waals surface area (Å²) in [6.45, 7) is 0.550. The molecule has 1 heterocycles. The van der Waals surface area contributed by atoms with Crippen LogP contribution in [-0.2, 0) is 9.53 Å². The molecule has 0 saturated heterocycles. The Morgan fingerprint density at radius 2 is 1.91 bits per heavy atom. The van der Waals surface area contributed by atoms with Crippen LogP contribution in [0.1, 0.15) is 36.2 Å². The van der Waals surface area contributed by atoms with Crippen LogP contribution in [0.25, 0.3) is 11.0 Å². The first-order valence-electron chi connectivity index (χ1n) is 7.27. The van der Waals surface area contributed by atoms with E-state index in [1.807, 2.05) is 24.3 Å². The van der Waals surface area contributed by atoms with Crippen molar-refractivity contribution in [1.29, 1.82) is 0 Å². The van der Waals surface area contributed by atoms with Crippen LogP contribution < -0.4 is 5.32 Å². The second-order valence-electron chi connectivity index (χ2n) is 4.89. The van der Waals surface area contributed by atoms with E-state index in [0.717, 1.165) is 24.8 Å². The van der Waals surface area contributed by atoms with E-state index in [1.165, 1.54) is 13.3 Å². The van der Waals surface area contributed by atoms with E-state index in [-0.39, 0.29) is 11.9 Å². The highest BCUT2D eigenvalue weighted by Gasteiger charge is 2.08. The minimum Gasteiger partial charge on any atom is -0.469 e. The molecule has 0 spiro atoms. The molecule has 1 amide bonds. The summed E-state index contributed by atoms with van der Waals surface area (Å²) in [7, 11) is 1.38. The molecule has 0 unspecified atom stereocenters. The maximum atomic E-state index is 12.0. The van der Waals surface area contributed by atoms with Gasteiger partial charge in [-0.15, -0.1) is 0 Å². The second kappa shape index (κ2) is 8.07. The molecule has 6 heteroatoms. The predicted molar refractivity (Wildman–Crippen MR) is 82.4 cm³/mol. The molecule has 0 atom stereocenters. The molecule has 1 N–H and O–H groups in total. The number of amides is 1. The zero-order valence-corrected chi connectivity index (χ0v) is 12.5. The smallest absolute Gasteiger partial charge is 0.305 e. The van der Waals surface area contributed by atoms with Crippen molar-refractivity contribution in [1.82, 2.24) is 15.3 Å². The van der Waals surface area contributed by atoms with Gasteiger partial charge in [-0.2, -0.15) is 0 Å². The Balaban J connectivity index is 1.75. The van der Waals surface area contributed by atoms with Crippen LogP contribution in [0.3, 0.4) is 0 Å². The molecule has 0 bridgehead atoms. The number of benzene rings is 1. The third-order valence-electron chi connectivity index (χ3n) is 3.25. The SMILES string of the molecule is COC(=O)CCCCCNC(=O)c1cnc2ccccc2n1. The number of methoxy groups -OCH3 is 1. The van der Waals surface area contributed by atoms with Crippen LogP contribution >= 0.6 is 0 Å². The van der Waals surface area contributed by atoms with Crippen molar-refractivity contribution >= 4 is 22.9 Å². The third-order valence-corrected chi connectivity index (χ3v) is 3.25. The monoisotopic (exact) mass is 301 g/mol. The topological polar surface area (TPSA) is 81.2 Å². The summed E-state index contributed by atoms with van der Waals surface area (Å²) >= 11 is 0. The van der Waals surface area contributed by atoms with Gasteiger partial charge in [0, 0.05) is 13.0 Å². The van der Waals surface area contributed by atoms with Crippen molar-refractivity contribution in [3.63, 3.8) is 0 Å². The van der Waals surface area contributed by atoms with E-state index in [4.69, 9.17) is 0 Å². The summed E-state index contributed by atoms with van der Waals surface area (Å²) in [6, 6.07) is 7.42. The van der Waals surface area contributed by atoms with Crippen LogP contribution in [-0.4, -0.2) is 35.5 Å². The molecular weight excluding hydrogens is 282 g/mol. The lowest BCUT2D eigenvalue weighted by Gasteiger charge is -2.05. The quantitative estimate of drug-likeness (QED) is 0.625. The van der Waals surface area contributed by atoms with E-state index in [2.05, 4.69) is 20.0 Å². The lowest BCUT2D eigenvalue weighted by atomic mass is 10.2. The van der Waals surface area contributed by atoms with E-state index in [9.17, 15) is 9.59 Å². The Hall–Kier alpha value is -2.50. The number of hydrogen-bond donors (Lipinski definition) is 1. The number of carbonyl (C=O) groups is 2. The van der Waals surface area contributed by atoms with Crippen LogP contribution in [0.4, 0.5) is 0 Å². The van der Waals surface area contributed by atoms with E-state index in [0.29, 0.717) is 24.2 Å². The van der Waals surface area contributed by atoms with Crippen molar-refractivity contribution in [3.8, 4) is 0 Å². The summed E-state index contributed by atoms with van der Waals surface area (Å²) in [5, 5.41) is 2.81. The molecule has 2 aromatic rings. The number of nitrogens with one attached hydrogen (secondary N) is 1. The normalized spacial score (nSPS) is 10.4. The largest absolute Gasteiger partial charge is 0.469 e. The number of hydrogen-bond acceptors (Lipinski definition) is 5. The van der Waals surface area contributed by atoms with Crippen molar-refractivity contribution in [2.75, 3.05) is 13.7 Å². The number of esters is 1. The number of aromatic nitrogens is 2. The summed E-state index contributed by atoms with van der Waals surface area (Å²) < 4.78 is 4.56.